The van der Waals surface area contributed by atoms with E-state index in [9.17, 15) is 0 Å². The lowest BCUT2D eigenvalue weighted by atomic mass is 10.1. The summed E-state index contributed by atoms with van der Waals surface area (Å²) in [6.45, 7) is 8.67. The summed E-state index contributed by atoms with van der Waals surface area (Å²) in [5.41, 5.74) is 4.06. The molecule has 0 saturated carbocycles. The highest BCUT2D eigenvalue weighted by molar-refractivity contribution is 6.30. The molecule has 1 aromatic carbocycles. The van der Waals surface area contributed by atoms with Gasteiger partial charge >= 0.3 is 0 Å². The number of rotatable bonds is 4. The predicted octanol–water partition coefficient (Wildman–Crippen LogP) is 3.72. The first-order chi connectivity index (χ1) is 13.1. The van der Waals surface area contributed by atoms with Gasteiger partial charge in [-0.3, -0.25) is 4.90 Å². The number of hydrogen-bond donors (Lipinski definition) is 0. The number of aromatic nitrogens is 3. The van der Waals surface area contributed by atoms with Gasteiger partial charge in [0.25, 0.3) is 0 Å². The quantitative estimate of drug-likeness (QED) is 0.684. The molecule has 3 heterocycles. The van der Waals surface area contributed by atoms with Crippen LogP contribution in [-0.2, 0) is 6.54 Å². The summed E-state index contributed by atoms with van der Waals surface area (Å²) in [5.74, 6) is 1.84. The van der Waals surface area contributed by atoms with Gasteiger partial charge in [-0.1, -0.05) is 28.9 Å². The van der Waals surface area contributed by atoms with E-state index >= 15 is 0 Å². The van der Waals surface area contributed by atoms with Crippen molar-refractivity contribution in [1.29, 1.82) is 0 Å². The number of nitrogens with zero attached hydrogens (tertiary/aromatic N) is 5. The Kier molecular flexibility index (Phi) is 5.09. The van der Waals surface area contributed by atoms with Gasteiger partial charge in [-0.15, -0.1) is 10.2 Å². The van der Waals surface area contributed by atoms with Crippen LogP contribution in [0.5, 0.6) is 0 Å². The van der Waals surface area contributed by atoms with Crippen molar-refractivity contribution in [1.82, 2.24) is 20.3 Å². The summed E-state index contributed by atoms with van der Waals surface area (Å²) in [6, 6.07) is 11.7. The molecule has 0 bridgehead atoms. The highest BCUT2D eigenvalue weighted by Crippen LogP contribution is 2.22. The highest BCUT2D eigenvalue weighted by atomic mass is 35.5. The summed E-state index contributed by atoms with van der Waals surface area (Å²) in [4.78, 5) is 4.71. The molecule has 1 saturated heterocycles. The Hall–Kier alpha value is -2.44. The van der Waals surface area contributed by atoms with E-state index in [4.69, 9.17) is 16.1 Å². The number of piperazine rings is 1. The minimum Gasteiger partial charge on any atom is -0.361 e. The lowest BCUT2D eigenvalue weighted by Crippen LogP contribution is -2.46. The van der Waals surface area contributed by atoms with Gasteiger partial charge in [0.05, 0.1) is 11.4 Å². The van der Waals surface area contributed by atoms with Crippen molar-refractivity contribution in [3.63, 3.8) is 0 Å². The fourth-order valence-corrected chi connectivity index (χ4v) is 3.48. The highest BCUT2D eigenvalue weighted by Gasteiger charge is 2.21. The zero-order chi connectivity index (χ0) is 18.8. The average molecular weight is 384 g/mol. The third kappa shape index (κ3) is 3.96. The predicted molar refractivity (Wildman–Crippen MR) is 106 cm³/mol. The van der Waals surface area contributed by atoms with Gasteiger partial charge in [-0.05, 0) is 38.1 Å². The van der Waals surface area contributed by atoms with E-state index in [2.05, 4.69) is 25.2 Å². The number of aryl methyl sites for hydroxylation is 2. The zero-order valence-electron chi connectivity index (χ0n) is 15.5. The molecule has 27 heavy (non-hydrogen) atoms. The minimum atomic E-state index is 0.720. The molecule has 3 aromatic rings. The van der Waals surface area contributed by atoms with Gasteiger partial charge < -0.3 is 9.42 Å². The van der Waals surface area contributed by atoms with Crippen molar-refractivity contribution >= 4 is 17.4 Å². The van der Waals surface area contributed by atoms with Crippen LogP contribution >= 0.6 is 11.6 Å². The van der Waals surface area contributed by atoms with Crippen LogP contribution in [0.25, 0.3) is 11.3 Å². The standard InChI is InChI=1S/C20H22ClN5O/c1-14-18(15(2)27-24-14)13-25-9-11-26(12-10-25)20-8-7-19(22-23-20)16-3-5-17(21)6-4-16/h3-8H,9-13H2,1-2H3. The Morgan fingerprint density at radius 1 is 0.963 bits per heavy atom. The first-order valence-corrected chi connectivity index (χ1v) is 9.46. The van der Waals surface area contributed by atoms with Crippen LogP contribution < -0.4 is 4.90 Å². The van der Waals surface area contributed by atoms with Gasteiger partial charge in [-0.2, -0.15) is 0 Å². The summed E-state index contributed by atoms with van der Waals surface area (Å²) in [5, 5.41) is 13.6. The van der Waals surface area contributed by atoms with E-state index in [1.807, 2.05) is 50.2 Å². The molecule has 0 unspecified atom stereocenters. The molecular formula is C20H22ClN5O. The van der Waals surface area contributed by atoms with E-state index in [1.165, 1.54) is 5.56 Å². The Balaban J connectivity index is 1.37. The normalized spacial score (nSPS) is 15.3. The SMILES string of the molecule is Cc1noc(C)c1CN1CCN(c2ccc(-c3ccc(Cl)cc3)nn2)CC1. The summed E-state index contributed by atoms with van der Waals surface area (Å²) in [6.07, 6.45) is 0. The molecule has 6 nitrogen and oxygen atoms in total. The molecule has 7 heteroatoms. The average Bonchev–Trinajstić information content (AvgIpc) is 3.01. The van der Waals surface area contributed by atoms with Gasteiger partial charge in [0.2, 0.25) is 0 Å². The molecule has 140 valence electrons. The van der Waals surface area contributed by atoms with Crippen molar-refractivity contribution < 1.29 is 4.52 Å². The number of halogens is 1. The molecule has 4 rings (SSSR count). The van der Waals surface area contributed by atoms with E-state index < -0.39 is 0 Å². The molecular weight excluding hydrogens is 362 g/mol. The van der Waals surface area contributed by atoms with Gasteiger partial charge in [0.15, 0.2) is 5.82 Å². The third-order valence-electron chi connectivity index (χ3n) is 5.05. The maximum Gasteiger partial charge on any atom is 0.151 e. The summed E-state index contributed by atoms with van der Waals surface area (Å²) in [7, 11) is 0. The molecule has 0 spiro atoms. The minimum absolute atomic E-state index is 0.720. The molecule has 0 atom stereocenters. The lowest BCUT2D eigenvalue weighted by molar-refractivity contribution is 0.247. The Morgan fingerprint density at radius 3 is 2.30 bits per heavy atom. The Bertz CT molecular complexity index is 880. The third-order valence-corrected chi connectivity index (χ3v) is 5.30. The van der Waals surface area contributed by atoms with E-state index in [0.717, 1.165) is 66.3 Å². The maximum atomic E-state index is 5.94. The van der Waals surface area contributed by atoms with Crippen LogP contribution in [0.3, 0.4) is 0 Å². The number of hydrogen-bond acceptors (Lipinski definition) is 6. The van der Waals surface area contributed by atoms with Gasteiger partial charge in [0, 0.05) is 48.9 Å². The molecule has 2 aromatic heterocycles. The van der Waals surface area contributed by atoms with Crippen LogP contribution in [0.2, 0.25) is 5.02 Å². The Labute approximate surface area is 163 Å². The zero-order valence-corrected chi connectivity index (χ0v) is 16.3. The van der Waals surface area contributed by atoms with Crippen LogP contribution in [0.4, 0.5) is 5.82 Å². The smallest absolute Gasteiger partial charge is 0.151 e. The summed E-state index contributed by atoms with van der Waals surface area (Å²) >= 11 is 5.94. The van der Waals surface area contributed by atoms with E-state index in [-0.39, 0.29) is 0 Å². The van der Waals surface area contributed by atoms with Crippen molar-refractivity contribution in [2.75, 3.05) is 31.1 Å². The van der Waals surface area contributed by atoms with Crippen LogP contribution in [0.1, 0.15) is 17.0 Å². The number of benzene rings is 1. The second kappa shape index (κ2) is 7.66. The van der Waals surface area contributed by atoms with Crippen molar-refractivity contribution in [3.05, 3.63) is 58.4 Å². The molecule has 0 amide bonds. The van der Waals surface area contributed by atoms with Crippen LogP contribution in [0.15, 0.2) is 40.9 Å². The molecule has 1 aliphatic heterocycles. The van der Waals surface area contributed by atoms with Gasteiger partial charge in [-0.25, -0.2) is 0 Å². The first kappa shape index (κ1) is 17.9. The number of anilines is 1. The van der Waals surface area contributed by atoms with Gasteiger partial charge in [0.1, 0.15) is 5.76 Å². The Morgan fingerprint density at radius 2 is 1.70 bits per heavy atom. The second-order valence-electron chi connectivity index (χ2n) is 6.85. The monoisotopic (exact) mass is 383 g/mol. The van der Waals surface area contributed by atoms with E-state index in [0.29, 0.717) is 0 Å². The van der Waals surface area contributed by atoms with Crippen molar-refractivity contribution in [2.45, 2.75) is 20.4 Å². The van der Waals surface area contributed by atoms with Crippen molar-refractivity contribution in [2.24, 2.45) is 0 Å². The van der Waals surface area contributed by atoms with Crippen LogP contribution in [-0.4, -0.2) is 46.4 Å². The molecule has 1 aliphatic rings. The summed E-state index contributed by atoms with van der Waals surface area (Å²) < 4.78 is 5.27. The van der Waals surface area contributed by atoms with E-state index in [1.54, 1.807) is 0 Å². The fraction of sp³-hybridized carbons (Fsp3) is 0.350. The van der Waals surface area contributed by atoms with Crippen LogP contribution in [0, 0.1) is 13.8 Å². The molecule has 1 fully saturated rings. The first-order valence-electron chi connectivity index (χ1n) is 9.09. The molecule has 0 N–H and O–H groups in total. The maximum absolute atomic E-state index is 5.94. The lowest BCUT2D eigenvalue weighted by Gasteiger charge is -2.35. The molecule has 0 radical (unpaired) electrons. The second-order valence-corrected chi connectivity index (χ2v) is 7.29. The largest absolute Gasteiger partial charge is 0.361 e. The fourth-order valence-electron chi connectivity index (χ4n) is 3.35. The molecule has 0 aliphatic carbocycles. The van der Waals surface area contributed by atoms with Crippen molar-refractivity contribution in [3.8, 4) is 11.3 Å². The topological polar surface area (TPSA) is 58.3 Å².